The van der Waals surface area contributed by atoms with Crippen LogP contribution in [-0.2, 0) is 9.53 Å². The molecule has 2 fully saturated rings. The van der Waals surface area contributed by atoms with Crippen LogP contribution >= 0.6 is 11.6 Å². The Morgan fingerprint density at radius 1 is 1.05 bits per heavy atom. The van der Waals surface area contributed by atoms with Gasteiger partial charge < -0.3 is 14.7 Å². The topological polar surface area (TPSA) is 73.6 Å². The Morgan fingerprint density at radius 2 is 1.77 bits per heavy atom. The highest BCUT2D eigenvalue weighted by molar-refractivity contribution is 6.32. The van der Waals surface area contributed by atoms with Crippen LogP contribution in [0.1, 0.15) is 47.1 Å². The number of hydrogen-bond donors (Lipinski definition) is 1. The molecule has 2 aliphatic rings. The SMILES string of the molecule is N#Cc1cc(N2CCOCC2)ccc1/C(=C(/c1ccc(F)cc1Cl)C1CCC1)c1ccc(/C=C/C(=O)O)cc1. The number of carboxylic acid groups (broad SMARTS) is 1. The Hall–Kier alpha value is -3.92. The van der Waals surface area contributed by atoms with Crippen molar-refractivity contribution in [3.8, 4) is 6.07 Å². The summed E-state index contributed by atoms with van der Waals surface area (Å²) < 4.78 is 19.6. The summed E-state index contributed by atoms with van der Waals surface area (Å²) in [4.78, 5) is 13.2. The van der Waals surface area contributed by atoms with Gasteiger partial charge in [0.05, 0.1) is 29.9 Å². The Kier molecular flexibility index (Phi) is 8.11. The van der Waals surface area contributed by atoms with Gasteiger partial charge in [-0.1, -0.05) is 54.4 Å². The van der Waals surface area contributed by atoms with Crippen molar-refractivity contribution in [2.45, 2.75) is 19.3 Å². The van der Waals surface area contributed by atoms with E-state index in [1.54, 1.807) is 6.07 Å². The lowest BCUT2D eigenvalue weighted by Gasteiger charge is -2.33. The van der Waals surface area contributed by atoms with Gasteiger partial charge in [-0.25, -0.2) is 9.18 Å². The van der Waals surface area contributed by atoms with Gasteiger partial charge in [-0.3, -0.25) is 0 Å². The first-order valence-electron chi connectivity index (χ1n) is 13.0. The van der Waals surface area contributed by atoms with E-state index in [1.165, 1.54) is 18.2 Å². The van der Waals surface area contributed by atoms with Gasteiger partial charge in [0, 0.05) is 30.4 Å². The number of ether oxygens (including phenoxy) is 1. The summed E-state index contributed by atoms with van der Waals surface area (Å²) in [6.45, 7) is 2.81. The first kappa shape index (κ1) is 26.7. The molecule has 7 heteroatoms. The molecule has 0 unspecified atom stereocenters. The van der Waals surface area contributed by atoms with Gasteiger partial charge in [-0.2, -0.15) is 5.26 Å². The Bertz CT molecular complexity index is 1480. The number of benzene rings is 3. The molecule has 5 rings (SSSR count). The number of carbonyl (C=O) groups is 1. The number of nitriles is 1. The third-order valence-corrected chi connectivity index (χ3v) is 7.70. The predicted octanol–water partition coefficient (Wildman–Crippen LogP) is 7.04. The maximum atomic E-state index is 14.1. The summed E-state index contributed by atoms with van der Waals surface area (Å²) >= 11 is 6.64. The molecule has 39 heavy (non-hydrogen) atoms. The average molecular weight is 543 g/mol. The summed E-state index contributed by atoms with van der Waals surface area (Å²) in [6, 6.07) is 20.4. The molecule has 3 aromatic carbocycles. The maximum Gasteiger partial charge on any atom is 0.328 e. The fourth-order valence-corrected chi connectivity index (χ4v) is 5.48. The molecule has 3 aromatic rings. The number of halogens is 2. The highest BCUT2D eigenvalue weighted by Crippen LogP contribution is 2.47. The zero-order valence-corrected chi connectivity index (χ0v) is 22.1. The maximum absolute atomic E-state index is 14.1. The van der Waals surface area contributed by atoms with Crippen LogP contribution in [0.5, 0.6) is 0 Å². The Morgan fingerprint density at radius 3 is 2.38 bits per heavy atom. The van der Waals surface area contributed by atoms with Gasteiger partial charge in [0.15, 0.2) is 0 Å². The van der Waals surface area contributed by atoms with Crippen LogP contribution in [-0.4, -0.2) is 37.4 Å². The van der Waals surface area contributed by atoms with E-state index in [2.05, 4.69) is 11.0 Å². The summed E-state index contributed by atoms with van der Waals surface area (Å²) in [6.07, 6.45) is 5.67. The summed E-state index contributed by atoms with van der Waals surface area (Å²) in [7, 11) is 0. The van der Waals surface area contributed by atoms with E-state index in [0.29, 0.717) is 23.8 Å². The van der Waals surface area contributed by atoms with Crippen LogP contribution < -0.4 is 4.90 Å². The lowest BCUT2D eigenvalue weighted by molar-refractivity contribution is -0.131. The van der Waals surface area contributed by atoms with Crippen molar-refractivity contribution in [3.05, 3.63) is 105 Å². The van der Waals surface area contributed by atoms with Crippen molar-refractivity contribution in [1.82, 2.24) is 0 Å². The minimum atomic E-state index is -1.02. The van der Waals surface area contributed by atoms with Crippen molar-refractivity contribution in [3.63, 3.8) is 0 Å². The predicted molar refractivity (Wildman–Crippen MR) is 152 cm³/mol. The third kappa shape index (κ3) is 5.90. The number of carboxylic acids is 1. The van der Waals surface area contributed by atoms with E-state index in [1.807, 2.05) is 42.5 Å². The minimum Gasteiger partial charge on any atom is -0.478 e. The molecule has 1 N–H and O–H groups in total. The fraction of sp³-hybridized carbons (Fsp3) is 0.250. The standard InChI is InChI=1S/C32H28ClFN2O3/c33-29-19-25(34)9-11-28(29)32(22-2-1-3-22)31(23-7-4-21(5-8-23)6-13-30(37)38)27-12-10-26(18-24(27)20-35)36-14-16-39-17-15-36/h4-13,18-19,22H,1-3,14-17H2,(H,37,38)/b13-6+,32-31+. The van der Waals surface area contributed by atoms with E-state index >= 15 is 0 Å². The van der Waals surface area contributed by atoms with Gasteiger partial charge in [-0.15, -0.1) is 0 Å². The number of nitrogens with zero attached hydrogens (tertiary/aromatic N) is 2. The van der Waals surface area contributed by atoms with Gasteiger partial charge in [-0.05, 0) is 76.9 Å². The molecule has 1 aliphatic carbocycles. The van der Waals surface area contributed by atoms with Gasteiger partial charge in [0.2, 0.25) is 0 Å². The molecule has 1 saturated carbocycles. The van der Waals surface area contributed by atoms with E-state index in [9.17, 15) is 14.4 Å². The van der Waals surface area contributed by atoms with Gasteiger partial charge in [0.1, 0.15) is 5.82 Å². The number of aliphatic carboxylic acids is 1. The highest BCUT2D eigenvalue weighted by Gasteiger charge is 2.29. The first-order chi connectivity index (χ1) is 18.9. The van der Waals surface area contributed by atoms with Crippen LogP contribution in [0.4, 0.5) is 10.1 Å². The number of allylic oxidation sites excluding steroid dienone is 1. The van der Waals surface area contributed by atoms with Crippen molar-refractivity contribution in [2.24, 2.45) is 5.92 Å². The van der Waals surface area contributed by atoms with E-state index in [0.717, 1.165) is 77.5 Å². The molecular weight excluding hydrogens is 515 g/mol. The molecule has 5 nitrogen and oxygen atoms in total. The van der Waals surface area contributed by atoms with E-state index < -0.39 is 11.8 Å². The number of anilines is 1. The van der Waals surface area contributed by atoms with Gasteiger partial charge in [0.25, 0.3) is 0 Å². The van der Waals surface area contributed by atoms with Crippen molar-refractivity contribution >= 4 is 40.5 Å². The van der Waals surface area contributed by atoms with Crippen molar-refractivity contribution < 1.29 is 19.0 Å². The number of hydrogen-bond acceptors (Lipinski definition) is 4. The highest BCUT2D eigenvalue weighted by atomic mass is 35.5. The summed E-state index contributed by atoms with van der Waals surface area (Å²) in [5, 5.41) is 19.6. The van der Waals surface area contributed by atoms with E-state index in [4.69, 9.17) is 21.4 Å². The Balaban J connectivity index is 1.72. The minimum absolute atomic E-state index is 0.208. The van der Waals surface area contributed by atoms with Crippen molar-refractivity contribution in [1.29, 1.82) is 5.26 Å². The Labute approximate surface area is 232 Å². The smallest absolute Gasteiger partial charge is 0.328 e. The second-order valence-corrected chi connectivity index (χ2v) is 10.2. The van der Waals surface area contributed by atoms with Crippen LogP contribution in [0.3, 0.4) is 0 Å². The monoisotopic (exact) mass is 542 g/mol. The molecular formula is C32H28ClFN2O3. The van der Waals surface area contributed by atoms with Crippen LogP contribution in [0.2, 0.25) is 5.02 Å². The number of morpholine rings is 1. The second kappa shape index (κ2) is 11.9. The molecule has 0 bridgehead atoms. The molecule has 0 aromatic heterocycles. The molecule has 0 radical (unpaired) electrons. The lowest BCUT2D eigenvalue weighted by Crippen LogP contribution is -2.36. The third-order valence-electron chi connectivity index (χ3n) is 7.39. The average Bonchev–Trinajstić information content (AvgIpc) is 2.92. The molecule has 1 heterocycles. The van der Waals surface area contributed by atoms with Crippen LogP contribution in [0.25, 0.3) is 17.2 Å². The fourth-order valence-electron chi connectivity index (χ4n) is 5.21. The second-order valence-electron chi connectivity index (χ2n) is 9.78. The first-order valence-corrected chi connectivity index (χ1v) is 13.4. The molecule has 0 atom stereocenters. The van der Waals surface area contributed by atoms with Crippen molar-refractivity contribution in [2.75, 3.05) is 31.2 Å². The lowest BCUT2D eigenvalue weighted by atomic mass is 9.72. The largest absolute Gasteiger partial charge is 0.478 e. The zero-order valence-electron chi connectivity index (χ0n) is 21.4. The van der Waals surface area contributed by atoms with Gasteiger partial charge >= 0.3 is 5.97 Å². The molecule has 1 saturated heterocycles. The normalized spacial score (nSPS) is 16.5. The number of rotatable bonds is 7. The molecule has 0 spiro atoms. The summed E-state index contributed by atoms with van der Waals surface area (Å²) in [5.41, 5.74) is 6.55. The van der Waals surface area contributed by atoms with E-state index in [-0.39, 0.29) is 5.92 Å². The zero-order chi connectivity index (χ0) is 27.4. The molecule has 0 amide bonds. The van der Waals surface area contributed by atoms with Crippen LogP contribution in [0, 0.1) is 23.1 Å². The molecule has 198 valence electrons. The summed E-state index contributed by atoms with van der Waals surface area (Å²) in [5.74, 6) is -1.21. The molecule has 1 aliphatic heterocycles. The quantitative estimate of drug-likeness (QED) is 0.256. The van der Waals surface area contributed by atoms with Crippen LogP contribution in [0.15, 0.2) is 66.7 Å².